The van der Waals surface area contributed by atoms with Crippen LogP contribution in [0.4, 0.5) is 0 Å². The number of carbonyl (C=O) groups excluding carboxylic acids is 1. The Morgan fingerprint density at radius 3 is 2.71 bits per heavy atom. The van der Waals surface area contributed by atoms with Crippen molar-refractivity contribution >= 4 is 11.6 Å². The number of rotatable bonds is 4. The van der Waals surface area contributed by atoms with Crippen LogP contribution in [0.1, 0.15) is 43.4 Å². The molecule has 0 fully saturated rings. The first-order valence-electron chi connectivity index (χ1n) is 7.19. The van der Waals surface area contributed by atoms with E-state index in [1.807, 2.05) is 50.3 Å². The predicted octanol–water partition coefficient (Wildman–Crippen LogP) is 2.17. The highest BCUT2D eigenvalue weighted by Crippen LogP contribution is 2.22. The molecule has 1 amide bonds. The fraction of sp³-hybridized carbons (Fsp3) is 0.500. The van der Waals surface area contributed by atoms with Gasteiger partial charge in [0.25, 0.3) is 5.91 Å². The first-order chi connectivity index (χ1) is 9.82. The summed E-state index contributed by atoms with van der Waals surface area (Å²) in [6, 6.07) is 5.67. The van der Waals surface area contributed by atoms with Crippen LogP contribution in [0.15, 0.2) is 24.4 Å². The molecule has 0 radical (unpaired) electrons. The summed E-state index contributed by atoms with van der Waals surface area (Å²) in [7, 11) is 0. The van der Waals surface area contributed by atoms with Gasteiger partial charge in [0.2, 0.25) is 0 Å². The number of fused-ring (bicyclic) bond motifs is 1. The van der Waals surface area contributed by atoms with Gasteiger partial charge in [0.15, 0.2) is 0 Å². The number of imidazole rings is 1. The molecule has 0 saturated heterocycles. The molecule has 0 saturated carbocycles. The summed E-state index contributed by atoms with van der Waals surface area (Å²) in [5, 5.41) is 12.1. The van der Waals surface area contributed by atoms with E-state index in [-0.39, 0.29) is 24.0 Å². The Kier molecular flexibility index (Phi) is 4.32. The molecule has 1 atom stereocenters. The van der Waals surface area contributed by atoms with Crippen LogP contribution in [0.2, 0.25) is 0 Å². The molecule has 5 heteroatoms. The van der Waals surface area contributed by atoms with Crippen molar-refractivity contribution in [1.29, 1.82) is 0 Å². The third-order valence-corrected chi connectivity index (χ3v) is 3.70. The van der Waals surface area contributed by atoms with Gasteiger partial charge < -0.3 is 14.8 Å². The largest absolute Gasteiger partial charge is 0.396 e. The molecule has 0 bridgehead atoms. The first-order valence-corrected chi connectivity index (χ1v) is 7.19. The van der Waals surface area contributed by atoms with Crippen LogP contribution in [-0.2, 0) is 0 Å². The Balaban J connectivity index is 2.23. The van der Waals surface area contributed by atoms with Gasteiger partial charge >= 0.3 is 0 Å². The molecular weight excluding hydrogens is 266 g/mol. The maximum Gasteiger partial charge on any atom is 0.271 e. The van der Waals surface area contributed by atoms with Crippen LogP contribution >= 0.6 is 0 Å². The minimum absolute atomic E-state index is 0.0481. The van der Waals surface area contributed by atoms with E-state index in [2.05, 4.69) is 10.3 Å². The third-order valence-electron chi connectivity index (χ3n) is 3.70. The van der Waals surface area contributed by atoms with Gasteiger partial charge in [-0.3, -0.25) is 4.79 Å². The van der Waals surface area contributed by atoms with Gasteiger partial charge in [0, 0.05) is 24.5 Å². The lowest BCUT2D eigenvalue weighted by Gasteiger charge is -2.30. The van der Waals surface area contributed by atoms with Crippen LogP contribution in [-0.4, -0.2) is 33.0 Å². The second-order valence-electron chi connectivity index (χ2n) is 6.43. The monoisotopic (exact) mass is 289 g/mol. The van der Waals surface area contributed by atoms with Crippen molar-refractivity contribution in [3.63, 3.8) is 0 Å². The fourth-order valence-electron chi connectivity index (χ4n) is 2.34. The summed E-state index contributed by atoms with van der Waals surface area (Å²) < 4.78 is 1.90. The molecule has 0 spiro atoms. The molecule has 2 heterocycles. The topological polar surface area (TPSA) is 66.6 Å². The molecule has 2 aromatic rings. The highest BCUT2D eigenvalue weighted by atomic mass is 16.3. The highest BCUT2D eigenvalue weighted by Gasteiger charge is 2.26. The predicted molar refractivity (Wildman–Crippen MR) is 82.3 cm³/mol. The molecule has 5 nitrogen and oxygen atoms in total. The molecule has 114 valence electrons. The average molecular weight is 289 g/mol. The Bertz CT molecular complexity index is 640. The molecule has 1 unspecified atom stereocenters. The summed E-state index contributed by atoms with van der Waals surface area (Å²) in [6.45, 7) is 8.15. The molecule has 2 aromatic heterocycles. The van der Waals surface area contributed by atoms with Crippen LogP contribution < -0.4 is 5.32 Å². The number of aliphatic hydroxyl groups is 1. The maximum atomic E-state index is 12.4. The second kappa shape index (κ2) is 5.85. The molecule has 0 aliphatic rings. The standard InChI is InChI=1S/C16H23N3O2/c1-11-6-5-7-14-17-12(10-19(11)14)15(21)18-13(8-9-20)16(2,3)4/h5-7,10,13,20H,8-9H2,1-4H3,(H,18,21). The Labute approximate surface area is 125 Å². The molecule has 0 aromatic carbocycles. The molecule has 21 heavy (non-hydrogen) atoms. The van der Waals surface area contributed by atoms with Crippen molar-refractivity contribution in [3.05, 3.63) is 35.8 Å². The zero-order chi connectivity index (χ0) is 15.6. The number of nitrogens with zero attached hydrogens (tertiary/aromatic N) is 2. The van der Waals surface area contributed by atoms with Crippen molar-refractivity contribution in [2.75, 3.05) is 6.61 Å². The normalized spacial score (nSPS) is 13.4. The number of amides is 1. The van der Waals surface area contributed by atoms with Gasteiger partial charge in [-0.25, -0.2) is 4.98 Å². The lowest BCUT2D eigenvalue weighted by Crippen LogP contribution is -2.44. The minimum atomic E-state index is -0.202. The molecule has 0 aliphatic carbocycles. The van der Waals surface area contributed by atoms with Crippen molar-refractivity contribution in [2.24, 2.45) is 5.41 Å². The zero-order valence-electron chi connectivity index (χ0n) is 13.1. The van der Waals surface area contributed by atoms with Gasteiger partial charge in [-0.1, -0.05) is 26.8 Å². The van der Waals surface area contributed by atoms with E-state index < -0.39 is 0 Å². The van der Waals surface area contributed by atoms with E-state index in [4.69, 9.17) is 5.11 Å². The Morgan fingerprint density at radius 2 is 2.14 bits per heavy atom. The van der Waals surface area contributed by atoms with Gasteiger partial charge in [0.05, 0.1) is 0 Å². The zero-order valence-corrected chi connectivity index (χ0v) is 13.1. The third kappa shape index (κ3) is 3.42. The maximum absolute atomic E-state index is 12.4. The number of aliphatic hydroxyl groups excluding tert-OH is 1. The van der Waals surface area contributed by atoms with E-state index in [9.17, 15) is 4.79 Å². The van der Waals surface area contributed by atoms with E-state index in [1.165, 1.54) is 0 Å². The van der Waals surface area contributed by atoms with E-state index in [1.54, 1.807) is 6.20 Å². The van der Waals surface area contributed by atoms with Crippen LogP contribution in [0.25, 0.3) is 5.65 Å². The van der Waals surface area contributed by atoms with E-state index in [0.29, 0.717) is 12.1 Å². The number of hydrogen-bond donors (Lipinski definition) is 2. The smallest absolute Gasteiger partial charge is 0.271 e. The minimum Gasteiger partial charge on any atom is -0.396 e. The second-order valence-corrected chi connectivity index (χ2v) is 6.43. The molecule has 0 aliphatic heterocycles. The van der Waals surface area contributed by atoms with Gasteiger partial charge in [-0.15, -0.1) is 0 Å². The fourth-order valence-corrected chi connectivity index (χ4v) is 2.34. The molecule has 2 rings (SSSR count). The molecular formula is C16H23N3O2. The van der Waals surface area contributed by atoms with Crippen molar-refractivity contribution in [2.45, 2.75) is 40.2 Å². The Hall–Kier alpha value is -1.88. The number of hydrogen-bond acceptors (Lipinski definition) is 3. The quantitative estimate of drug-likeness (QED) is 0.906. The average Bonchev–Trinajstić information content (AvgIpc) is 2.82. The summed E-state index contributed by atoms with van der Waals surface area (Å²) in [5.41, 5.74) is 2.07. The highest BCUT2D eigenvalue weighted by molar-refractivity contribution is 5.93. The van der Waals surface area contributed by atoms with Crippen LogP contribution in [0.5, 0.6) is 0 Å². The number of aryl methyl sites for hydroxylation is 1. The first kappa shape index (κ1) is 15.5. The number of nitrogens with one attached hydrogen (secondary N) is 1. The Morgan fingerprint density at radius 1 is 1.43 bits per heavy atom. The van der Waals surface area contributed by atoms with Gasteiger partial charge in [0.1, 0.15) is 11.3 Å². The van der Waals surface area contributed by atoms with Gasteiger partial charge in [-0.2, -0.15) is 0 Å². The molecule has 2 N–H and O–H groups in total. The summed E-state index contributed by atoms with van der Waals surface area (Å²) >= 11 is 0. The number of aromatic nitrogens is 2. The number of pyridine rings is 1. The van der Waals surface area contributed by atoms with Crippen molar-refractivity contribution < 1.29 is 9.90 Å². The summed E-state index contributed by atoms with van der Waals surface area (Å²) in [5.74, 6) is -0.202. The summed E-state index contributed by atoms with van der Waals surface area (Å²) in [4.78, 5) is 16.7. The van der Waals surface area contributed by atoms with E-state index >= 15 is 0 Å². The lowest BCUT2D eigenvalue weighted by molar-refractivity contribution is 0.0880. The SMILES string of the molecule is Cc1cccc2nc(C(=O)NC(CCO)C(C)(C)C)cn12. The van der Waals surface area contributed by atoms with E-state index in [0.717, 1.165) is 11.3 Å². The lowest BCUT2D eigenvalue weighted by atomic mass is 9.85. The number of carbonyl (C=O) groups is 1. The van der Waals surface area contributed by atoms with Crippen molar-refractivity contribution in [3.8, 4) is 0 Å². The van der Waals surface area contributed by atoms with Gasteiger partial charge in [-0.05, 0) is 30.9 Å². The summed E-state index contributed by atoms with van der Waals surface area (Å²) in [6.07, 6.45) is 2.28. The van der Waals surface area contributed by atoms with Crippen LogP contribution in [0, 0.1) is 12.3 Å². The van der Waals surface area contributed by atoms with Crippen molar-refractivity contribution in [1.82, 2.24) is 14.7 Å². The van der Waals surface area contributed by atoms with Crippen LogP contribution in [0.3, 0.4) is 0 Å².